The summed E-state index contributed by atoms with van der Waals surface area (Å²) in [5.74, 6) is -0.175. The molecule has 0 spiro atoms. The normalized spacial score (nSPS) is 12.2. The summed E-state index contributed by atoms with van der Waals surface area (Å²) in [6.07, 6.45) is 0. The van der Waals surface area contributed by atoms with Crippen molar-refractivity contribution in [2.75, 3.05) is 0 Å². The maximum Gasteiger partial charge on any atom is 0.320 e. The van der Waals surface area contributed by atoms with E-state index in [0.717, 1.165) is 5.56 Å². The van der Waals surface area contributed by atoms with E-state index < -0.39 is 12.0 Å². The Morgan fingerprint density at radius 2 is 1.87 bits per heavy atom. The summed E-state index contributed by atoms with van der Waals surface area (Å²) in [5.41, 5.74) is 0.948. The Morgan fingerprint density at radius 1 is 1.17 bits per heavy atom. The van der Waals surface area contributed by atoms with Gasteiger partial charge in [0.25, 0.3) is 0 Å². The van der Waals surface area contributed by atoms with Crippen LogP contribution in [-0.4, -0.2) is 17.1 Å². The van der Waals surface area contributed by atoms with E-state index in [1.54, 1.807) is 24.3 Å². The molecule has 0 saturated heterocycles. The highest BCUT2D eigenvalue weighted by Crippen LogP contribution is 2.22. The van der Waals surface area contributed by atoms with E-state index in [-0.39, 0.29) is 11.7 Å². The van der Waals surface area contributed by atoms with Crippen LogP contribution in [0.3, 0.4) is 0 Å². The molecule has 0 radical (unpaired) electrons. The van der Waals surface area contributed by atoms with E-state index >= 15 is 0 Å². The van der Waals surface area contributed by atoms with E-state index in [4.69, 9.17) is 9.84 Å². The van der Waals surface area contributed by atoms with Gasteiger partial charge in [0.2, 0.25) is 0 Å². The van der Waals surface area contributed by atoms with E-state index in [0.29, 0.717) is 18.0 Å². The second-order valence-electron chi connectivity index (χ2n) is 5.64. The van der Waals surface area contributed by atoms with Gasteiger partial charge in [0.05, 0.1) is 0 Å². The smallest absolute Gasteiger partial charge is 0.320 e. The van der Waals surface area contributed by atoms with Crippen LogP contribution in [-0.2, 0) is 11.3 Å². The first-order chi connectivity index (χ1) is 11.0. The fourth-order valence-electron chi connectivity index (χ4n) is 2.18. The van der Waals surface area contributed by atoms with Crippen molar-refractivity contribution in [2.45, 2.75) is 26.4 Å². The van der Waals surface area contributed by atoms with Crippen molar-refractivity contribution in [1.29, 1.82) is 0 Å². The summed E-state index contributed by atoms with van der Waals surface area (Å²) in [4.78, 5) is 11.1. The minimum Gasteiger partial charge on any atom is -0.480 e. The van der Waals surface area contributed by atoms with Gasteiger partial charge in [0.15, 0.2) is 0 Å². The molecule has 2 aromatic carbocycles. The lowest BCUT2D eigenvalue weighted by atomic mass is 10.0. The number of carboxylic acid groups (broad SMARTS) is 1. The molecule has 0 heterocycles. The largest absolute Gasteiger partial charge is 0.480 e. The lowest BCUT2D eigenvalue weighted by molar-refractivity contribution is -0.140. The van der Waals surface area contributed by atoms with E-state index in [2.05, 4.69) is 5.32 Å². The molecule has 2 rings (SSSR count). The van der Waals surface area contributed by atoms with Crippen LogP contribution in [0.4, 0.5) is 4.39 Å². The van der Waals surface area contributed by atoms with Crippen LogP contribution in [0.25, 0.3) is 0 Å². The minimum atomic E-state index is -0.856. The average Bonchev–Trinajstić information content (AvgIpc) is 2.48. The standard InChI is InChI=1S/C18H20FNO3/c1-12(2)17(18(21)22)20-11-13-6-8-15(9-7-13)23-16-5-3-4-14(19)10-16/h3-10,12,17,20H,11H2,1-2H3,(H,21,22)/t17-/m0/s1. The van der Waals surface area contributed by atoms with Gasteiger partial charge in [-0.2, -0.15) is 0 Å². The lowest BCUT2D eigenvalue weighted by Crippen LogP contribution is -2.40. The van der Waals surface area contributed by atoms with Crippen molar-refractivity contribution in [2.24, 2.45) is 5.92 Å². The molecule has 0 bridgehead atoms. The van der Waals surface area contributed by atoms with Gasteiger partial charge in [-0.05, 0) is 35.7 Å². The monoisotopic (exact) mass is 317 g/mol. The quantitative estimate of drug-likeness (QED) is 0.815. The number of carboxylic acids is 1. The molecule has 0 saturated carbocycles. The number of hydrogen-bond donors (Lipinski definition) is 2. The van der Waals surface area contributed by atoms with Crippen LogP contribution >= 0.6 is 0 Å². The molecule has 2 N–H and O–H groups in total. The van der Waals surface area contributed by atoms with E-state index in [1.807, 2.05) is 26.0 Å². The summed E-state index contributed by atoms with van der Waals surface area (Å²) in [6.45, 7) is 4.18. The Bertz CT molecular complexity index is 656. The van der Waals surface area contributed by atoms with Gasteiger partial charge in [-0.15, -0.1) is 0 Å². The molecule has 23 heavy (non-hydrogen) atoms. The van der Waals surface area contributed by atoms with Gasteiger partial charge in [-0.1, -0.05) is 32.0 Å². The number of benzene rings is 2. The van der Waals surface area contributed by atoms with Gasteiger partial charge in [0.1, 0.15) is 23.4 Å². The molecule has 0 aromatic heterocycles. The summed E-state index contributed by atoms with van der Waals surface area (Å²) in [5, 5.41) is 12.2. The summed E-state index contributed by atoms with van der Waals surface area (Å²) >= 11 is 0. The van der Waals surface area contributed by atoms with Crippen LogP contribution < -0.4 is 10.1 Å². The van der Waals surface area contributed by atoms with Crippen LogP contribution in [0.5, 0.6) is 11.5 Å². The van der Waals surface area contributed by atoms with Crippen molar-refractivity contribution in [3.05, 3.63) is 59.9 Å². The molecule has 0 aliphatic carbocycles. The van der Waals surface area contributed by atoms with E-state index in [1.165, 1.54) is 12.1 Å². The second kappa shape index (κ2) is 7.74. The minimum absolute atomic E-state index is 0.00286. The Hall–Kier alpha value is -2.40. The fourth-order valence-corrected chi connectivity index (χ4v) is 2.18. The van der Waals surface area contributed by atoms with Gasteiger partial charge < -0.3 is 15.2 Å². The topological polar surface area (TPSA) is 58.6 Å². The zero-order chi connectivity index (χ0) is 16.8. The zero-order valence-electron chi connectivity index (χ0n) is 13.1. The molecular weight excluding hydrogens is 297 g/mol. The predicted molar refractivity (Wildman–Crippen MR) is 86.0 cm³/mol. The molecular formula is C18H20FNO3. The highest BCUT2D eigenvalue weighted by molar-refractivity contribution is 5.73. The fraction of sp³-hybridized carbons (Fsp3) is 0.278. The molecule has 0 fully saturated rings. The molecule has 5 heteroatoms. The van der Waals surface area contributed by atoms with Crippen molar-refractivity contribution in [3.8, 4) is 11.5 Å². The third kappa shape index (κ3) is 5.07. The molecule has 0 aliphatic heterocycles. The summed E-state index contributed by atoms with van der Waals surface area (Å²) < 4.78 is 18.7. The molecule has 0 unspecified atom stereocenters. The van der Waals surface area contributed by atoms with Gasteiger partial charge in [-0.25, -0.2) is 4.39 Å². The second-order valence-corrected chi connectivity index (χ2v) is 5.64. The number of nitrogens with one attached hydrogen (secondary N) is 1. The van der Waals surface area contributed by atoms with Crippen LogP contribution in [0.1, 0.15) is 19.4 Å². The molecule has 2 aromatic rings. The van der Waals surface area contributed by atoms with Crippen LogP contribution in [0, 0.1) is 11.7 Å². The number of aliphatic carboxylic acids is 1. The number of hydrogen-bond acceptors (Lipinski definition) is 3. The number of ether oxygens (including phenoxy) is 1. The predicted octanol–water partition coefficient (Wildman–Crippen LogP) is 3.82. The Morgan fingerprint density at radius 3 is 2.43 bits per heavy atom. The van der Waals surface area contributed by atoms with Gasteiger partial charge in [0, 0.05) is 12.6 Å². The molecule has 0 aliphatic rings. The summed E-state index contributed by atoms with van der Waals surface area (Å²) in [6, 6.07) is 12.6. The maximum absolute atomic E-state index is 13.1. The number of halogens is 1. The molecule has 0 amide bonds. The van der Waals surface area contributed by atoms with Crippen molar-refractivity contribution < 1.29 is 19.0 Å². The van der Waals surface area contributed by atoms with Gasteiger partial charge in [-0.3, -0.25) is 4.79 Å². The SMILES string of the molecule is CC(C)[C@H](NCc1ccc(Oc2cccc(F)c2)cc1)C(=O)O. The first kappa shape index (κ1) is 17.0. The van der Waals surface area contributed by atoms with Crippen molar-refractivity contribution in [3.63, 3.8) is 0 Å². The van der Waals surface area contributed by atoms with Crippen LogP contribution in [0.15, 0.2) is 48.5 Å². The Balaban J connectivity index is 1.95. The molecule has 1 atom stereocenters. The van der Waals surface area contributed by atoms with Crippen LogP contribution in [0.2, 0.25) is 0 Å². The number of rotatable bonds is 7. The summed E-state index contributed by atoms with van der Waals surface area (Å²) in [7, 11) is 0. The lowest BCUT2D eigenvalue weighted by Gasteiger charge is -2.18. The molecule has 122 valence electrons. The first-order valence-corrected chi connectivity index (χ1v) is 7.44. The zero-order valence-corrected chi connectivity index (χ0v) is 13.1. The van der Waals surface area contributed by atoms with Crippen molar-refractivity contribution >= 4 is 5.97 Å². The number of carbonyl (C=O) groups is 1. The highest BCUT2D eigenvalue weighted by atomic mass is 19.1. The first-order valence-electron chi connectivity index (χ1n) is 7.44. The Labute approximate surface area is 134 Å². The Kier molecular flexibility index (Phi) is 5.71. The van der Waals surface area contributed by atoms with E-state index in [9.17, 15) is 9.18 Å². The highest BCUT2D eigenvalue weighted by Gasteiger charge is 2.20. The average molecular weight is 317 g/mol. The van der Waals surface area contributed by atoms with Crippen molar-refractivity contribution in [1.82, 2.24) is 5.32 Å². The van der Waals surface area contributed by atoms with Gasteiger partial charge >= 0.3 is 5.97 Å². The third-order valence-electron chi connectivity index (χ3n) is 3.41. The molecule has 4 nitrogen and oxygen atoms in total. The maximum atomic E-state index is 13.1. The third-order valence-corrected chi connectivity index (χ3v) is 3.41.